The first-order valence-corrected chi connectivity index (χ1v) is 7.08. The van der Waals surface area contributed by atoms with E-state index in [1.54, 1.807) is 24.0 Å². The second-order valence-electron chi connectivity index (χ2n) is 4.99. The van der Waals surface area contributed by atoms with Crippen LogP contribution in [0.15, 0.2) is 36.7 Å². The fourth-order valence-electron chi connectivity index (χ4n) is 2.20. The Bertz CT molecular complexity index is 719. The minimum absolute atomic E-state index is 0.343. The molecule has 0 atom stereocenters. The van der Waals surface area contributed by atoms with E-state index in [2.05, 4.69) is 28.9 Å². The van der Waals surface area contributed by atoms with Crippen LogP contribution < -0.4 is 4.74 Å². The zero-order valence-electron chi connectivity index (χ0n) is 13.7. The molecule has 2 bridgehead atoms. The van der Waals surface area contributed by atoms with E-state index in [1.165, 1.54) is 31.6 Å². The molecule has 0 N–H and O–H groups in total. The Labute approximate surface area is 135 Å². The van der Waals surface area contributed by atoms with E-state index in [4.69, 9.17) is 9.47 Å². The molecule has 0 amide bonds. The zero-order chi connectivity index (χ0) is 16.8. The molecule has 6 nitrogen and oxygen atoms in total. The Balaban J connectivity index is 0.000000182. The van der Waals surface area contributed by atoms with Crippen LogP contribution in [0.2, 0.25) is 0 Å². The molecule has 2 aromatic rings. The summed E-state index contributed by atoms with van der Waals surface area (Å²) in [6.45, 7) is 2.83. The van der Waals surface area contributed by atoms with Gasteiger partial charge in [-0.3, -0.25) is 4.68 Å². The maximum absolute atomic E-state index is 11.3. The van der Waals surface area contributed by atoms with Crippen molar-refractivity contribution in [1.82, 2.24) is 9.78 Å². The van der Waals surface area contributed by atoms with Gasteiger partial charge in [0.2, 0.25) is 0 Å². The van der Waals surface area contributed by atoms with Gasteiger partial charge in [0.05, 0.1) is 26.2 Å². The lowest BCUT2D eigenvalue weighted by Crippen LogP contribution is -2.08. The summed E-state index contributed by atoms with van der Waals surface area (Å²) in [5.41, 5.74) is 3.52. The molecule has 2 aliphatic heterocycles. The van der Waals surface area contributed by atoms with Gasteiger partial charge in [-0.15, -0.1) is 0 Å². The number of carbonyl (C=O) groups excluding carboxylic acids is 1. The Morgan fingerprint density at radius 2 is 2.13 bits per heavy atom. The number of esters is 1. The predicted octanol–water partition coefficient (Wildman–Crippen LogP) is 2.47. The van der Waals surface area contributed by atoms with E-state index in [9.17, 15) is 4.79 Å². The van der Waals surface area contributed by atoms with Gasteiger partial charge in [-0.1, -0.05) is 6.07 Å². The third-order valence-electron chi connectivity index (χ3n) is 3.37. The summed E-state index contributed by atoms with van der Waals surface area (Å²) in [5.74, 6) is 0.584. The van der Waals surface area contributed by atoms with Gasteiger partial charge in [-0.25, -0.2) is 4.79 Å². The highest BCUT2D eigenvalue weighted by Crippen LogP contribution is 2.25. The smallest absolute Gasteiger partial charge is 0.343 e. The number of methoxy groups -OCH3 is 2. The van der Waals surface area contributed by atoms with Crippen LogP contribution in [0.4, 0.5) is 0 Å². The summed E-state index contributed by atoms with van der Waals surface area (Å²) in [4.78, 5) is 11.3. The van der Waals surface area contributed by atoms with Crippen LogP contribution in [0, 0.1) is 6.92 Å². The van der Waals surface area contributed by atoms with Crippen molar-refractivity contribution in [3.05, 3.63) is 53.5 Å². The quantitative estimate of drug-likeness (QED) is 0.494. The van der Waals surface area contributed by atoms with Crippen LogP contribution in [-0.2, 0) is 27.9 Å². The molecule has 23 heavy (non-hydrogen) atoms. The zero-order valence-corrected chi connectivity index (χ0v) is 13.7. The van der Waals surface area contributed by atoms with Crippen LogP contribution in [-0.4, -0.2) is 30.0 Å². The predicted molar refractivity (Wildman–Crippen MR) is 85.7 cm³/mol. The lowest BCUT2D eigenvalue weighted by atomic mass is 10.1. The third kappa shape index (κ3) is 3.91. The molecular formula is C17H20N2O4. The van der Waals surface area contributed by atoms with Crippen LogP contribution >= 0.6 is 0 Å². The van der Waals surface area contributed by atoms with Gasteiger partial charge >= 0.3 is 5.97 Å². The molecule has 0 spiro atoms. The van der Waals surface area contributed by atoms with Crippen molar-refractivity contribution < 1.29 is 19.0 Å². The summed E-state index contributed by atoms with van der Waals surface area (Å²) >= 11 is 0. The molecule has 1 aromatic carbocycles. The number of aryl methyl sites for hydroxylation is 2. The standard InChI is InChI=1S/C9H12N2O3.C8H8O/c1-11-8(4-5-10-11)7(6-13-2)9(12)14-3;1-6-4-7-2-3-8(6)9-5-7/h4-6H,1-3H3;2-4H,5H2,1H3. The van der Waals surface area contributed by atoms with Crippen molar-refractivity contribution in [2.24, 2.45) is 7.05 Å². The van der Waals surface area contributed by atoms with Crippen LogP contribution in [0.5, 0.6) is 5.75 Å². The molecule has 0 saturated heterocycles. The van der Waals surface area contributed by atoms with Crippen LogP contribution in [0.1, 0.15) is 16.8 Å². The van der Waals surface area contributed by atoms with Crippen LogP contribution in [0.3, 0.4) is 0 Å². The summed E-state index contributed by atoms with van der Waals surface area (Å²) in [6, 6.07) is 8.00. The highest BCUT2D eigenvalue weighted by atomic mass is 16.5. The lowest BCUT2D eigenvalue weighted by Gasteiger charge is -2.16. The van der Waals surface area contributed by atoms with Gasteiger partial charge in [0, 0.05) is 13.2 Å². The van der Waals surface area contributed by atoms with Crippen molar-refractivity contribution in [3.8, 4) is 5.75 Å². The minimum Gasteiger partial charge on any atom is -0.503 e. The molecule has 2 aliphatic rings. The Morgan fingerprint density at radius 1 is 1.35 bits per heavy atom. The van der Waals surface area contributed by atoms with E-state index in [-0.39, 0.29) is 0 Å². The van der Waals surface area contributed by atoms with E-state index in [1.807, 2.05) is 6.07 Å². The molecule has 1 aromatic heterocycles. The van der Waals surface area contributed by atoms with E-state index >= 15 is 0 Å². The topological polar surface area (TPSA) is 62.6 Å². The Hall–Kier alpha value is -2.76. The van der Waals surface area contributed by atoms with Crippen LogP contribution in [0.25, 0.3) is 5.57 Å². The van der Waals surface area contributed by atoms with Gasteiger partial charge in [0.25, 0.3) is 0 Å². The summed E-state index contributed by atoms with van der Waals surface area (Å²) < 4.78 is 16.3. The number of rotatable bonds is 3. The minimum atomic E-state index is -0.449. The Morgan fingerprint density at radius 3 is 2.48 bits per heavy atom. The van der Waals surface area contributed by atoms with Crippen molar-refractivity contribution in [3.63, 3.8) is 0 Å². The maximum Gasteiger partial charge on any atom is 0.343 e. The van der Waals surface area contributed by atoms with Gasteiger partial charge in [0.1, 0.15) is 17.9 Å². The number of hydrogen-bond donors (Lipinski definition) is 0. The molecule has 4 rings (SSSR count). The van der Waals surface area contributed by atoms with E-state index in [0.29, 0.717) is 11.3 Å². The lowest BCUT2D eigenvalue weighted by molar-refractivity contribution is -0.133. The summed E-state index contributed by atoms with van der Waals surface area (Å²) in [7, 11) is 4.53. The monoisotopic (exact) mass is 316 g/mol. The number of fused-ring (bicyclic) bond motifs is 3. The summed E-state index contributed by atoms with van der Waals surface area (Å²) in [5, 5.41) is 3.95. The molecule has 0 radical (unpaired) electrons. The molecule has 0 aliphatic carbocycles. The maximum atomic E-state index is 11.3. The van der Waals surface area contributed by atoms with Crippen molar-refractivity contribution in [2.75, 3.05) is 14.2 Å². The van der Waals surface area contributed by atoms with E-state index in [0.717, 1.165) is 12.4 Å². The van der Waals surface area contributed by atoms with Crippen molar-refractivity contribution in [2.45, 2.75) is 13.5 Å². The fourth-order valence-corrected chi connectivity index (χ4v) is 2.20. The number of carbonyl (C=O) groups is 1. The first kappa shape index (κ1) is 16.6. The van der Waals surface area contributed by atoms with Gasteiger partial charge in [-0.05, 0) is 36.2 Å². The van der Waals surface area contributed by atoms with Gasteiger partial charge in [-0.2, -0.15) is 5.10 Å². The first-order chi connectivity index (χ1) is 11.1. The SMILES string of the molecule is COC=C(C(=O)OC)c1ccnn1C.Cc1cc2ccc1OC2. The fraction of sp³-hybridized carbons (Fsp3) is 0.294. The third-order valence-corrected chi connectivity index (χ3v) is 3.37. The normalized spacial score (nSPS) is 12.1. The molecule has 0 saturated carbocycles. The van der Waals surface area contributed by atoms with Gasteiger partial charge in [0.15, 0.2) is 0 Å². The van der Waals surface area contributed by atoms with Gasteiger partial charge < -0.3 is 14.2 Å². The first-order valence-electron chi connectivity index (χ1n) is 7.08. The average molecular weight is 316 g/mol. The second-order valence-corrected chi connectivity index (χ2v) is 4.99. The molecule has 0 unspecified atom stereocenters. The van der Waals surface area contributed by atoms with E-state index < -0.39 is 5.97 Å². The number of aromatic nitrogens is 2. The number of nitrogens with zero attached hydrogens (tertiary/aromatic N) is 2. The molecule has 0 fully saturated rings. The van der Waals surface area contributed by atoms with Crippen molar-refractivity contribution in [1.29, 1.82) is 0 Å². The molecule has 122 valence electrons. The number of benzene rings is 1. The number of ether oxygens (including phenoxy) is 3. The molecular weight excluding hydrogens is 296 g/mol. The highest BCUT2D eigenvalue weighted by molar-refractivity contribution is 6.15. The highest BCUT2D eigenvalue weighted by Gasteiger charge is 2.15. The largest absolute Gasteiger partial charge is 0.503 e. The number of hydrogen-bond acceptors (Lipinski definition) is 5. The Kier molecular flexibility index (Phi) is 5.41. The summed E-state index contributed by atoms with van der Waals surface area (Å²) in [6.07, 6.45) is 2.94. The second kappa shape index (κ2) is 7.49. The molecule has 3 heterocycles. The van der Waals surface area contributed by atoms with Crippen molar-refractivity contribution >= 4 is 11.5 Å². The average Bonchev–Trinajstić information content (AvgIpc) is 2.99. The molecule has 6 heteroatoms.